The first kappa shape index (κ1) is 12.0. The van der Waals surface area contributed by atoms with Crippen LogP contribution < -0.4 is 10.6 Å². The minimum Gasteiger partial charge on any atom is -0.369 e. The summed E-state index contributed by atoms with van der Waals surface area (Å²) in [5.74, 6) is 2.76. The zero-order valence-corrected chi connectivity index (χ0v) is 11.9. The van der Waals surface area contributed by atoms with E-state index in [0.717, 1.165) is 36.3 Å². The molecule has 5 nitrogen and oxygen atoms in total. The highest BCUT2D eigenvalue weighted by Crippen LogP contribution is 2.61. The Balaban J connectivity index is 1.59. The standard InChI is InChI=1S/C15H21N5/c1-2-16-12-9-20-8-7-17-14(20)13(19-12)18-10-15(5-6-15)11-3-4-11/h7-9,11,16H,2-6,10H2,1H3,(H,18,19). The summed E-state index contributed by atoms with van der Waals surface area (Å²) >= 11 is 0. The third kappa shape index (κ3) is 2.01. The minimum atomic E-state index is 0.569. The van der Waals surface area contributed by atoms with Gasteiger partial charge in [-0.15, -0.1) is 0 Å². The lowest BCUT2D eigenvalue weighted by Gasteiger charge is -2.16. The highest BCUT2D eigenvalue weighted by molar-refractivity contribution is 5.65. The molecule has 2 aliphatic rings. The molecule has 2 aromatic rings. The summed E-state index contributed by atoms with van der Waals surface area (Å²) in [6.45, 7) is 4.00. The van der Waals surface area contributed by atoms with Crippen molar-refractivity contribution in [2.24, 2.45) is 11.3 Å². The molecule has 2 aromatic heterocycles. The van der Waals surface area contributed by atoms with Crippen molar-refractivity contribution in [2.75, 3.05) is 23.7 Å². The van der Waals surface area contributed by atoms with Crippen molar-refractivity contribution in [3.63, 3.8) is 0 Å². The number of hydrogen-bond donors (Lipinski definition) is 2. The van der Waals surface area contributed by atoms with Crippen LogP contribution in [0.5, 0.6) is 0 Å². The van der Waals surface area contributed by atoms with Crippen molar-refractivity contribution in [2.45, 2.75) is 32.6 Å². The first-order valence-electron chi connectivity index (χ1n) is 7.62. The fraction of sp³-hybridized carbons (Fsp3) is 0.600. The van der Waals surface area contributed by atoms with Crippen LogP contribution in [0.1, 0.15) is 32.6 Å². The van der Waals surface area contributed by atoms with E-state index in [1.165, 1.54) is 25.7 Å². The molecule has 0 aromatic carbocycles. The van der Waals surface area contributed by atoms with E-state index < -0.39 is 0 Å². The van der Waals surface area contributed by atoms with Gasteiger partial charge in [-0.05, 0) is 43.9 Å². The number of nitrogens with one attached hydrogen (secondary N) is 2. The van der Waals surface area contributed by atoms with Crippen LogP contribution in [0.15, 0.2) is 18.6 Å². The number of aromatic nitrogens is 3. The molecule has 0 unspecified atom stereocenters. The molecule has 20 heavy (non-hydrogen) atoms. The predicted octanol–water partition coefficient (Wildman–Crippen LogP) is 2.76. The Hall–Kier alpha value is -1.78. The highest BCUT2D eigenvalue weighted by Gasteiger charge is 2.53. The number of rotatable bonds is 6. The van der Waals surface area contributed by atoms with Crippen molar-refractivity contribution in [3.05, 3.63) is 18.6 Å². The normalized spacial score (nSPS) is 20.1. The summed E-state index contributed by atoms with van der Waals surface area (Å²) in [6.07, 6.45) is 11.4. The van der Waals surface area contributed by atoms with Gasteiger partial charge in [0.25, 0.3) is 0 Å². The topological polar surface area (TPSA) is 54.2 Å². The van der Waals surface area contributed by atoms with Crippen molar-refractivity contribution < 1.29 is 0 Å². The smallest absolute Gasteiger partial charge is 0.180 e. The van der Waals surface area contributed by atoms with E-state index in [9.17, 15) is 0 Å². The molecular weight excluding hydrogens is 250 g/mol. The Labute approximate surface area is 118 Å². The van der Waals surface area contributed by atoms with Gasteiger partial charge in [-0.1, -0.05) is 0 Å². The summed E-state index contributed by atoms with van der Waals surface area (Å²) < 4.78 is 2.03. The van der Waals surface area contributed by atoms with Gasteiger partial charge in [0.2, 0.25) is 0 Å². The van der Waals surface area contributed by atoms with Crippen LogP contribution in [0.3, 0.4) is 0 Å². The van der Waals surface area contributed by atoms with Crippen LogP contribution in [0.25, 0.3) is 5.65 Å². The van der Waals surface area contributed by atoms with Gasteiger partial charge in [0.1, 0.15) is 5.82 Å². The Bertz CT molecular complexity index is 624. The van der Waals surface area contributed by atoms with Gasteiger partial charge in [-0.25, -0.2) is 9.97 Å². The second-order valence-corrected chi connectivity index (χ2v) is 6.15. The second kappa shape index (κ2) is 4.36. The molecule has 2 saturated carbocycles. The zero-order valence-electron chi connectivity index (χ0n) is 11.9. The first-order chi connectivity index (χ1) is 9.81. The zero-order chi connectivity index (χ0) is 13.6. The molecule has 106 valence electrons. The summed E-state index contributed by atoms with van der Waals surface area (Å²) in [5, 5.41) is 6.84. The molecule has 4 rings (SSSR count). The molecule has 0 atom stereocenters. The molecule has 0 radical (unpaired) electrons. The number of fused-ring (bicyclic) bond motifs is 1. The Morgan fingerprint density at radius 1 is 1.35 bits per heavy atom. The molecule has 0 saturated heterocycles. The molecule has 0 amide bonds. The van der Waals surface area contributed by atoms with E-state index in [1.54, 1.807) is 0 Å². The molecule has 0 aliphatic heterocycles. The van der Waals surface area contributed by atoms with Crippen LogP contribution in [-0.2, 0) is 0 Å². The van der Waals surface area contributed by atoms with Gasteiger partial charge in [0, 0.05) is 25.5 Å². The molecule has 2 heterocycles. The van der Waals surface area contributed by atoms with Crippen LogP contribution in [0.2, 0.25) is 0 Å². The van der Waals surface area contributed by atoms with Crippen LogP contribution in [0, 0.1) is 11.3 Å². The number of anilines is 2. The number of hydrogen-bond acceptors (Lipinski definition) is 4. The summed E-state index contributed by atoms with van der Waals surface area (Å²) in [5.41, 5.74) is 1.48. The summed E-state index contributed by atoms with van der Waals surface area (Å²) in [6, 6.07) is 0. The Kier molecular flexibility index (Phi) is 2.62. The maximum Gasteiger partial charge on any atom is 0.180 e. The van der Waals surface area contributed by atoms with Gasteiger partial charge >= 0.3 is 0 Å². The van der Waals surface area contributed by atoms with Crippen LogP contribution in [0.4, 0.5) is 11.6 Å². The van der Waals surface area contributed by atoms with Gasteiger partial charge in [-0.2, -0.15) is 0 Å². The minimum absolute atomic E-state index is 0.569. The predicted molar refractivity (Wildman–Crippen MR) is 80.0 cm³/mol. The van der Waals surface area contributed by atoms with Crippen molar-refractivity contribution in [3.8, 4) is 0 Å². The quantitative estimate of drug-likeness (QED) is 0.848. The lowest BCUT2D eigenvalue weighted by atomic mass is 10.0. The summed E-state index contributed by atoms with van der Waals surface area (Å²) in [7, 11) is 0. The molecule has 0 bridgehead atoms. The van der Waals surface area contributed by atoms with Crippen molar-refractivity contribution in [1.82, 2.24) is 14.4 Å². The Morgan fingerprint density at radius 3 is 2.90 bits per heavy atom. The lowest BCUT2D eigenvalue weighted by Crippen LogP contribution is -2.19. The van der Waals surface area contributed by atoms with E-state index >= 15 is 0 Å². The van der Waals surface area contributed by atoms with Gasteiger partial charge in [-0.3, -0.25) is 0 Å². The molecule has 2 aliphatic carbocycles. The van der Waals surface area contributed by atoms with E-state index in [-0.39, 0.29) is 0 Å². The largest absolute Gasteiger partial charge is 0.369 e. The molecule has 2 fully saturated rings. The summed E-state index contributed by atoms with van der Waals surface area (Å²) in [4.78, 5) is 9.08. The average molecular weight is 271 g/mol. The lowest BCUT2D eigenvalue weighted by molar-refractivity contribution is 0.466. The monoisotopic (exact) mass is 271 g/mol. The molecule has 5 heteroatoms. The second-order valence-electron chi connectivity index (χ2n) is 6.15. The fourth-order valence-corrected chi connectivity index (χ4v) is 3.16. The number of nitrogens with zero attached hydrogens (tertiary/aromatic N) is 3. The Morgan fingerprint density at radius 2 is 2.20 bits per heavy atom. The number of imidazole rings is 1. The van der Waals surface area contributed by atoms with Crippen LogP contribution in [-0.4, -0.2) is 27.5 Å². The van der Waals surface area contributed by atoms with Gasteiger partial charge < -0.3 is 15.0 Å². The van der Waals surface area contributed by atoms with Crippen molar-refractivity contribution in [1.29, 1.82) is 0 Å². The van der Waals surface area contributed by atoms with E-state index in [0.29, 0.717) is 5.41 Å². The average Bonchev–Trinajstić information content (AvgIpc) is 3.34. The maximum atomic E-state index is 4.67. The third-order valence-electron chi connectivity index (χ3n) is 4.68. The van der Waals surface area contributed by atoms with Gasteiger partial charge in [0.15, 0.2) is 11.5 Å². The highest BCUT2D eigenvalue weighted by atomic mass is 15.1. The maximum absolute atomic E-state index is 4.67. The molecular formula is C15H21N5. The van der Waals surface area contributed by atoms with E-state index in [1.807, 2.05) is 23.0 Å². The molecule has 0 spiro atoms. The SMILES string of the molecule is CCNc1cn2ccnc2c(NCC2(C3CC3)CC2)n1. The first-order valence-corrected chi connectivity index (χ1v) is 7.62. The van der Waals surface area contributed by atoms with E-state index in [2.05, 4.69) is 27.5 Å². The van der Waals surface area contributed by atoms with E-state index in [4.69, 9.17) is 0 Å². The third-order valence-corrected chi connectivity index (χ3v) is 4.68. The fourth-order valence-electron chi connectivity index (χ4n) is 3.16. The van der Waals surface area contributed by atoms with Gasteiger partial charge in [0.05, 0.1) is 6.20 Å². The van der Waals surface area contributed by atoms with Crippen LogP contribution >= 0.6 is 0 Å². The molecule has 2 N–H and O–H groups in total. The van der Waals surface area contributed by atoms with Crippen molar-refractivity contribution >= 4 is 17.3 Å².